The lowest BCUT2D eigenvalue weighted by atomic mass is 10.2. The molecule has 0 heterocycles. The van der Waals surface area contributed by atoms with E-state index in [1.54, 1.807) is 48.5 Å². The van der Waals surface area contributed by atoms with Crippen LogP contribution >= 0.6 is 11.6 Å². The predicted molar refractivity (Wildman–Crippen MR) is 99.0 cm³/mol. The fourth-order valence-corrected chi connectivity index (χ4v) is 2.33. The minimum atomic E-state index is -0.542. The molecule has 0 bridgehead atoms. The Balaban J connectivity index is 1.67. The Morgan fingerprint density at radius 1 is 0.962 bits per heavy atom. The van der Waals surface area contributed by atoms with Gasteiger partial charge in [0.2, 0.25) is 0 Å². The zero-order valence-corrected chi connectivity index (χ0v) is 14.1. The number of nitrogens with one attached hydrogen (secondary N) is 1. The van der Waals surface area contributed by atoms with E-state index in [0.29, 0.717) is 22.2 Å². The number of non-ortho nitro benzene ring substituents is 1. The Morgan fingerprint density at radius 2 is 1.58 bits per heavy atom. The Bertz CT molecular complexity index is 941. The Morgan fingerprint density at radius 3 is 2.19 bits per heavy atom. The molecule has 0 atom stereocenters. The molecule has 0 saturated carbocycles. The van der Waals surface area contributed by atoms with Gasteiger partial charge in [-0.25, -0.2) is 0 Å². The predicted octanol–water partition coefficient (Wildman–Crippen LogP) is 5.29. The molecule has 1 amide bonds. The molecule has 0 aliphatic rings. The molecule has 26 heavy (non-hydrogen) atoms. The van der Waals surface area contributed by atoms with Crippen molar-refractivity contribution >= 4 is 28.9 Å². The van der Waals surface area contributed by atoms with Crippen molar-refractivity contribution in [2.75, 3.05) is 5.32 Å². The van der Waals surface area contributed by atoms with E-state index < -0.39 is 10.8 Å². The van der Waals surface area contributed by atoms with Crippen molar-refractivity contribution in [3.8, 4) is 11.5 Å². The van der Waals surface area contributed by atoms with Crippen LogP contribution in [0.1, 0.15) is 10.4 Å². The van der Waals surface area contributed by atoms with E-state index >= 15 is 0 Å². The standard InChI is InChI=1S/C19H13ClN2O4/c20-14-4-8-17(9-5-14)26-18-10-6-15(7-11-18)21-19(23)13-2-1-3-16(12-13)22(24)25/h1-12H,(H,21,23). The van der Waals surface area contributed by atoms with Crippen LogP contribution < -0.4 is 10.1 Å². The van der Waals surface area contributed by atoms with Crippen LogP contribution in [-0.2, 0) is 0 Å². The summed E-state index contributed by atoms with van der Waals surface area (Å²) in [4.78, 5) is 22.5. The number of nitrogens with zero attached hydrogens (tertiary/aromatic N) is 1. The number of benzene rings is 3. The summed E-state index contributed by atoms with van der Waals surface area (Å²) in [7, 11) is 0. The van der Waals surface area contributed by atoms with Gasteiger partial charge >= 0.3 is 0 Å². The molecule has 3 rings (SSSR count). The first-order valence-electron chi connectivity index (χ1n) is 7.60. The summed E-state index contributed by atoms with van der Waals surface area (Å²) in [6.45, 7) is 0. The molecule has 0 aliphatic heterocycles. The van der Waals surface area contributed by atoms with Crippen molar-refractivity contribution in [2.24, 2.45) is 0 Å². The van der Waals surface area contributed by atoms with Gasteiger partial charge in [0.15, 0.2) is 0 Å². The summed E-state index contributed by atoms with van der Waals surface area (Å²) >= 11 is 5.83. The lowest BCUT2D eigenvalue weighted by molar-refractivity contribution is -0.384. The van der Waals surface area contributed by atoms with Gasteiger partial charge in [-0.1, -0.05) is 17.7 Å². The van der Waals surface area contributed by atoms with Gasteiger partial charge in [0, 0.05) is 28.4 Å². The SMILES string of the molecule is O=C(Nc1ccc(Oc2ccc(Cl)cc2)cc1)c1cccc([N+](=O)[O-])c1. The quantitative estimate of drug-likeness (QED) is 0.489. The highest BCUT2D eigenvalue weighted by Crippen LogP contribution is 2.24. The van der Waals surface area contributed by atoms with Crippen LogP contribution in [0.15, 0.2) is 72.8 Å². The molecule has 1 N–H and O–H groups in total. The van der Waals surface area contributed by atoms with Crippen LogP contribution in [0.2, 0.25) is 5.02 Å². The normalized spacial score (nSPS) is 10.2. The van der Waals surface area contributed by atoms with E-state index in [4.69, 9.17) is 16.3 Å². The number of nitro benzene ring substituents is 1. The molecular weight excluding hydrogens is 356 g/mol. The number of nitro groups is 1. The van der Waals surface area contributed by atoms with E-state index in [0.717, 1.165) is 0 Å². The summed E-state index contributed by atoms with van der Waals surface area (Å²) in [6, 6.07) is 19.3. The van der Waals surface area contributed by atoms with Gasteiger partial charge in [0.1, 0.15) is 11.5 Å². The number of hydrogen-bond acceptors (Lipinski definition) is 4. The van der Waals surface area contributed by atoms with E-state index in [1.807, 2.05) is 0 Å². The molecule has 130 valence electrons. The second-order valence-electron chi connectivity index (χ2n) is 5.34. The third-order valence-corrected chi connectivity index (χ3v) is 3.73. The Labute approximate surface area is 154 Å². The maximum Gasteiger partial charge on any atom is 0.270 e. The van der Waals surface area contributed by atoms with Crippen molar-refractivity contribution in [2.45, 2.75) is 0 Å². The zero-order valence-electron chi connectivity index (χ0n) is 13.4. The van der Waals surface area contributed by atoms with Crippen molar-refractivity contribution in [1.29, 1.82) is 0 Å². The Hall–Kier alpha value is -3.38. The maximum absolute atomic E-state index is 12.2. The third-order valence-electron chi connectivity index (χ3n) is 3.48. The lowest BCUT2D eigenvalue weighted by Crippen LogP contribution is -2.11. The van der Waals surface area contributed by atoms with Crippen LogP contribution in [0.5, 0.6) is 11.5 Å². The number of rotatable bonds is 5. The van der Waals surface area contributed by atoms with E-state index in [9.17, 15) is 14.9 Å². The minimum Gasteiger partial charge on any atom is -0.457 e. The summed E-state index contributed by atoms with van der Waals surface area (Å²) in [5.41, 5.74) is 0.620. The molecule has 7 heteroatoms. The highest BCUT2D eigenvalue weighted by atomic mass is 35.5. The largest absolute Gasteiger partial charge is 0.457 e. The van der Waals surface area contributed by atoms with Gasteiger partial charge in [-0.2, -0.15) is 0 Å². The topological polar surface area (TPSA) is 81.5 Å². The zero-order chi connectivity index (χ0) is 18.5. The number of hydrogen-bond donors (Lipinski definition) is 1. The average Bonchev–Trinajstić information content (AvgIpc) is 2.65. The van der Waals surface area contributed by atoms with Gasteiger partial charge in [-0.05, 0) is 54.6 Å². The maximum atomic E-state index is 12.2. The first kappa shape index (κ1) is 17.4. The molecule has 0 fully saturated rings. The molecule has 3 aromatic carbocycles. The van der Waals surface area contributed by atoms with Crippen molar-refractivity contribution in [1.82, 2.24) is 0 Å². The molecule has 0 saturated heterocycles. The second-order valence-corrected chi connectivity index (χ2v) is 5.78. The van der Waals surface area contributed by atoms with Crippen LogP contribution in [0.4, 0.5) is 11.4 Å². The van der Waals surface area contributed by atoms with Crippen LogP contribution in [0.25, 0.3) is 0 Å². The second kappa shape index (κ2) is 7.67. The molecule has 6 nitrogen and oxygen atoms in total. The number of halogens is 1. The fourth-order valence-electron chi connectivity index (χ4n) is 2.21. The lowest BCUT2D eigenvalue weighted by Gasteiger charge is -2.08. The monoisotopic (exact) mass is 368 g/mol. The van der Waals surface area contributed by atoms with Crippen LogP contribution in [0, 0.1) is 10.1 Å². The van der Waals surface area contributed by atoms with Crippen molar-refractivity contribution in [3.63, 3.8) is 0 Å². The van der Waals surface area contributed by atoms with Crippen molar-refractivity contribution < 1.29 is 14.5 Å². The van der Waals surface area contributed by atoms with E-state index in [1.165, 1.54) is 24.3 Å². The van der Waals surface area contributed by atoms with Gasteiger partial charge in [-0.3, -0.25) is 14.9 Å². The van der Waals surface area contributed by atoms with Crippen LogP contribution in [0.3, 0.4) is 0 Å². The molecule has 0 spiro atoms. The van der Waals surface area contributed by atoms with E-state index in [-0.39, 0.29) is 11.3 Å². The number of carbonyl (C=O) groups excluding carboxylic acids is 1. The number of ether oxygens (including phenoxy) is 1. The van der Waals surface area contributed by atoms with Gasteiger partial charge in [0.05, 0.1) is 4.92 Å². The van der Waals surface area contributed by atoms with Crippen molar-refractivity contribution in [3.05, 3.63) is 93.5 Å². The van der Waals surface area contributed by atoms with Crippen LogP contribution in [-0.4, -0.2) is 10.8 Å². The summed E-state index contributed by atoms with van der Waals surface area (Å²) < 4.78 is 5.67. The smallest absolute Gasteiger partial charge is 0.270 e. The molecular formula is C19H13ClN2O4. The number of amides is 1. The summed E-state index contributed by atoms with van der Waals surface area (Å²) in [5, 5.41) is 14.1. The number of anilines is 1. The fraction of sp³-hybridized carbons (Fsp3) is 0. The first-order valence-corrected chi connectivity index (χ1v) is 7.98. The molecule has 0 aliphatic carbocycles. The van der Waals surface area contributed by atoms with Gasteiger partial charge in [-0.15, -0.1) is 0 Å². The Kier molecular flexibility index (Phi) is 5.15. The van der Waals surface area contributed by atoms with Gasteiger partial charge < -0.3 is 10.1 Å². The highest BCUT2D eigenvalue weighted by Gasteiger charge is 2.11. The molecule has 0 unspecified atom stereocenters. The minimum absolute atomic E-state index is 0.135. The van der Waals surface area contributed by atoms with E-state index in [2.05, 4.69) is 5.32 Å². The summed E-state index contributed by atoms with van der Waals surface area (Å²) in [6.07, 6.45) is 0. The highest BCUT2D eigenvalue weighted by molar-refractivity contribution is 6.30. The summed E-state index contributed by atoms with van der Waals surface area (Å²) in [5.74, 6) is 0.809. The third kappa shape index (κ3) is 4.37. The molecule has 3 aromatic rings. The first-order chi connectivity index (χ1) is 12.5. The molecule has 0 aromatic heterocycles. The number of carbonyl (C=O) groups is 1. The van der Waals surface area contributed by atoms with Gasteiger partial charge in [0.25, 0.3) is 11.6 Å². The average molecular weight is 369 g/mol. The molecule has 0 radical (unpaired) electrons.